The van der Waals surface area contributed by atoms with Crippen LogP contribution in [0.3, 0.4) is 0 Å². The van der Waals surface area contributed by atoms with Gasteiger partial charge in [0, 0.05) is 37.9 Å². The third kappa shape index (κ3) is 6.94. The van der Waals surface area contributed by atoms with Crippen LogP contribution in [0.2, 0.25) is 0 Å². The molecule has 138 valence electrons. The molecule has 0 bridgehead atoms. The number of nitrogens with one attached hydrogen (secondary N) is 1. The zero-order chi connectivity index (χ0) is 18.1. The quantitative estimate of drug-likeness (QED) is 0.568. The Hall–Kier alpha value is -1.75. The summed E-state index contributed by atoms with van der Waals surface area (Å²) >= 11 is 5.60. The van der Waals surface area contributed by atoms with Crippen molar-refractivity contribution in [3.8, 4) is 5.75 Å². The molecule has 5 nitrogen and oxygen atoms in total. The van der Waals surface area contributed by atoms with Gasteiger partial charge in [-0.15, -0.1) is 11.6 Å². The molecule has 0 unspecified atom stereocenters. The number of aryl methyl sites for hydroxylation is 1. The standard InChI is InChI=1S/C19H27ClN2O3/c1-15-4-6-17(7-5-15)25-14-2-3-18(23)21-16-9-12-22(13-10-16)19(24)8-11-20/h4-7,16H,2-3,8-14H2,1H3,(H,21,23). The van der Waals surface area contributed by atoms with Gasteiger partial charge in [0.2, 0.25) is 11.8 Å². The predicted octanol–water partition coefficient (Wildman–Crippen LogP) is 2.89. The minimum absolute atomic E-state index is 0.0537. The van der Waals surface area contributed by atoms with Crippen molar-refractivity contribution in [1.82, 2.24) is 10.2 Å². The molecule has 0 radical (unpaired) electrons. The number of rotatable bonds is 8. The third-order valence-electron chi connectivity index (χ3n) is 4.36. The van der Waals surface area contributed by atoms with Gasteiger partial charge in [0.1, 0.15) is 5.75 Å². The molecule has 0 spiro atoms. The highest BCUT2D eigenvalue weighted by atomic mass is 35.5. The zero-order valence-corrected chi connectivity index (χ0v) is 15.6. The van der Waals surface area contributed by atoms with Gasteiger partial charge in [-0.3, -0.25) is 9.59 Å². The maximum Gasteiger partial charge on any atom is 0.223 e. The molecule has 0 aliphatic carbocycles. The molecule has 1 saturated heterocycles. The Morgan fingerprint density at radius 1 is 1.20 bits per heavy atom. The van der Waals surface area contributed by atoms with Crippen LogP contribution in [0.1, 0.15) is 37.7 Å². The van der Waals surface area contributed by atoms with Crippen LogP contribution in [0.4, 0.5) is 0 Å². The summed E-state index contributed by atoms with van der Waals surface area (Å²) in [4.78, 5) is 25.6. The molecular weight excluding hydrogens is 340 g/mol. The average molecular weight is 367 g/mol. The summed E-state index contributed by atoms with van der Waals surface area (Å²) in [7, 11) is 0. The Morgan fingerprint density at radius 3 is 2.52 bits per heavy atom. The number of nitrogens with zero attached hydrogens (tertiary/aromatic N) is 1. The number of likely N-dealkylation sites (tertiary alicyclic amines) is 1. The van der Waals surface area contributed by atoms with Crippen molar-refractivity contribution < 1.29 is 14.3 Å². The summed E-state index contributed by atoms with van der Waals surface area (Å²) in [5.41, 5.74) is 1.20. The molecule has 2 amide bonds. The van der Waals surface area contributed by atoms with Crippen LogP contribution in [0.5, 0.6) is 5.75 Å². The second kappa shape index (κ2) is 10.3. The second-order valence-corrected chi connectivity index (χ2v) is 6.80. The van der Waals surface area contributed by atoms with Crippen molar-refractivity contribution in [1.29, 1.82) is 0 Å². The minimum atomic E-state index is 0.0537. The summed E-state index contributed by atoms with van der Waals surface area (Å²) in [6, 6.07) is 8.05. The summed E-state index contributed by atoms with van der Waals surface area (Å²) < 4.78 is 5.63. The molecule has 2 rings (SSSR count). The maximum atomic E-state index is 12.0. The number of hydrogen-bond donors (Lipinski definition) is 1. The van der Waals surface area contributed by atoms with Gasteiger partial charge in [0.05, 0.1) is 6.61 Å². The van der Waals surface area contributed by atoms with E-state index in [9.17, 15) is 9.59 Å². The Labute approximate surface area is 154 Å². The number of amides is 2. The van der Waals surface area contributed by atoms with Crippen molar-refractivity contribution in [2.45, 2.75) is 45.1 Å². The lowest BCUT2D eigenvalue weighted by Gasteiger charge is -2.32. The molecule has 1 aliphatic rings. The first-order valence-electron chi connectivity index (χ1n) is 8.91. The van der Waals surface area contributed by atoms with Crippen LogP contribution in [0.15, 0.2) is 24.3 Å². The number of hydrogen-bond acceptors (Lipinski definition) is 3. The van der Waals surface area contributed by atoms with Crippen LogP contribution in [-0.4, -0.2) is 48.3 Å². The fourth-order valence-electron chi connectivity index (χ4n) is 2.87. The number of carbonyl (C=O) groups is 2. The molecule has 1 aromatic rings. The number of benzene rings is 1. The second-order valence-electron chi connectivity index (χ2n) is 6.43. The van der Waals surface area contributed by atoms with Gasteiger partial charge in [-0.05, 0) is 38.3 Å². The number of carbonyl (C=O) groups excluding carboxylic acids is 2. The molecular formula is C19H27ClN2O3. The van der Waals surface area contributed by atoms with Crippen molar-refractivity contribution in [3.05, 3.63) is 29.8 Å². The number of ether oxygens (including phenoxy) is 1. The molecule has 1 aromatic carbocycles. The Morgan fingerprint density at radius 2 is 1.88 bits per heavy atom. The fourth-order valence-corrected chi connectivity index (χ4v) is 3.03. The zero-order valence-electron chi connectivity index (χ0n) is 14.8. The van der Waals surface area contributed by atoms with E-state index in [0.717, 1.165) is 18.6 Å². The summed E-state index contributed by atoms with van der Waals surface area (Å²) in [5, 5.41) is 3.06. The fraction of sp³-hybridized carbons (Fsp3) is 0.579. The van der Waals surface area contributed by atoms with Crippen LogP contribution in [-0.2, 0) is 9.59 Å². The monoisotopic (exact) mass is 366 g/mol. The molecule has 0 atom stereocenters. The third-order valence-corrected chi connectivity index (χ3v) is 4.55. The van der Waals surface area contributed by atoms with E-state index in [0.29, 0.717) is 44.8 Å². The molecule has 1 aliphatic heterocycles. The summed E-state index contributed by atoms with van der Waals surface area (Å²) in [6.45, 7) is 3.95. The normalized spacial score (nSPS) is 15.0. The Bertz CT molecular complexity index is 554. The smallest absolute Gasteiger partial charge is 0.223 e. The van der Waals surface area contributed by atoms with Crippen molar-refractivity contribution in [3.63, 3.8) is 0 Å². The summed E-state index contributed by atoms with van der Waals surface area (Å²) in [5.74, 6) is 1.35. The molecule has 1 N–H and O–H groups in total. The topological polar surface area (TPSA) is 58.6 Å². The van der Waals surface area contributed by atoms with Crippen LogP contribution < -0.4 is 10.1 Å². The van der Waals surface area contributed by atoms with Crippen molar-refractivity contribution in [2.75, 3.05) is 25.6 Å². The Balaban J connectivity index is 1.58. The van der Waals surface area contributed by atoms with Gasteiger partial charge in [-0.25, -0.2) is 0 Å². The molecule has 0 saturated carbocycles. The molecule has 6 heteroatoms. The lowest BCUT2D eigenvalue weighted by Crippen LogP contribution is -2.46. The van der Waals surface area contributed by atoms with E-state index in [1.165, 1.54) is 5.56 Å². The number of alkyl halides is 1. The molecule has 1 fully saturated rings. The first-order valence-corrected chi connectivity index (χ1v) is 9.44. The highest BCUT2D eigenvalue weighted by Crippen LogP contribution is 2.13. The van der Waals surface area contributed by atoms with E-state index >= 15 is 0 Å². The van der Waals surface area contributed by atoms with Crippen molar-refractivity contribution >= 4 is 23.4 Å². The maximum absolute atomic E-state index is 12.0. The molecule has 25 heavy (non-hydrogen) atoms. The number of piperidine rings is 1. The van der Waals surface area contributed by atoms with Gasteiger partial charge in [0.25, 0.3) is 0 Å². The molecule has 1 heterocycles. The van der Waals surface area contributed by atoms with Crippen LogP contribution in [0, 0.1) is 6.92 Å². The average Bonchev–Trinajstić information content (AvgIpc) is 2.61. The van der Waals surface area contributed by atoms with E-state index in [-0.39, 0.29) is 17.9 Å². The van der Waals surface area contributed by atoms with E-state index in [1.807, 2.05) is 36.1 Å². The predicted molar refractivity (Wildman–Crippen MR) is 99.0 cm³/mol. The van der Waals surface area contributed by atoms with Crippen LogP contribution in [0.25, 0.3) is 0 Å². The van der Waals surface area contributed by atoms with Gasteiger partial charge in [0.15, 0.2) is 0 Å². The van der Waals surface area contributed by atoms with Crippen molar-refractivity contribution in [2.24, 2.45) is 0 Å². The highest BCUT2D eigenvalue weighted by Gasteiger charge is 2.23. The highest BCUT2D eigenvalue weighted by molar-refractivity contribution is 6.18. The largest absolute Gasteiger partial charge is 0.494 e. The van der Waals surface area contributed by atoms with Gasteiger partial charge in [-0.2, -0.15) is 0 Å². The lowest BCUT2D eigenvalue weighted by molar-refractivity contribution is -0.132. The van der Waals surface area contributed by atoms with E-state index in [1.54, 1.807) is 0 Å². The van der Waals surface area contributed by atoms with E-state index < -0.39 is 0 Å². The van der Waals surface area contributed by atoms with E-state index in [2.05, 4.69) is 5.32 Å². The minimum Gasteiger partial charge on any atom is -0.494 e. The van der Waals surface area contributed by atoms with Gasteiger partial charge >= 0.3 is 0 Å². The first kappa shape index (κ1) is 19.6. The van der Waals surface area contributed by atoms with Gasteiger partial charge in [-0.1, -0.05) is 17.7 Å². The molecule has 0 aromatic heterocycles. The SMILES string of the molecule is Cc1ccc(OCCCC(=O)NC2CCN(C(=O)CCCl)CC2)cc1. The lowest BCUT2D eigenvalue weighted by atomic mass is 10.0. The van der Waals surface area contributed by atoms with Gasteiger partial charge < -0.3 is 15.0 Å². The van der Waals surface area contributed by atoms with Crippen LogP contribution >= 0.6 is 11.6 Å². The first-order chi connectivity index (χ1) is 12.1. The summed E-state index contributed by atoms with van der Waals surface area (Å²) in [6.07, 6.45) is 3.14. The van der Waals surface area contributed by atoms with E-state index in [4.69, 9.17) is 16.3 Å². The number of halogens is 1. The Kier molecular flexibility index (Phi) is 8.06.